The maximum absolute atomic E-state index is 12.3. The van der Waals surface area contributed by atoms with Crippen molar-refractivity contribution in [1.29, 1.82) is 0 Å². The summed E-state index contributed by atoms with van der Waals surface area (Å²) in [4.78, 5) is 23.0. The van der Waals surface area contributed by atoms with Gasteiger partial charge in [-0.1, -0.05) is 24.3 Å². The number of hydrazine groups is 1. The number of fused-ring (bicyclic) bond motifs is 1. The van der Waals surface area contributed by atoms with Gasteiger partial charge in [0.2, 0.25) is 0 Å². The SMILES string of the molecule is COc1cccc(C2CC(C(=O)O)C3C(NNC3c3cccc([N+](=O)[O-])c3)N2)c1OC. The van der Waals surface area contributed by atoms with E-state index in [0.29, 0.717) is 23.5 Å². The Balaban J connectivity index is 1.66. The number of nitrogens with zero attached hydrogens (tertiary/aromatic N) is 1. The molecular weight excluding hydrogens is 404 g/mol. The number of rotatable bonds is 6. The molecule has 2 aromatic rings. The summed E-state index contributed by atoms with van der Waals surface area (Å²) in [7, 11) is 3.10. The van der Waals surface area contributed by atoms with Crippen molar-refractivity contribution in [2.75, 3.05) is 14.2 Å². The molecule has 2 heterocycles. The highest BCUT2D eigenvalue weighted by atomic mass is 16.6. The van der Waals surface area contributed by atoms with Gasteiger partial charge in [0.1, 0.15) is 0 Å². The number of aliphatic carboxylic acids is 1. The Morgan fingerprint density at radius 1 is 1.16 bits per heavy atom. The molecule has 2 aromatic carbocycles. The van der Waals surface area contributed by atoms with E-state index in [9.17, 15) is 20.0 Å². The van der Waals surface area contributed by atoms with Crippen LogP contribution in [0.15, 0.2) is 42.5 Å². The summed E-state index contributed by atoms with van der Waals surface area (Å²) >= 11 is 0. The van der Waals surface area contributed by atoms with Crippen molar-refractivity contribution in [2.24, 2.45) is 11.8 Å². The van der Waals surface area contributed by atoms with E-state index in [1.165, 1.54) is 12.1 Å². The van der Waals surface area contributed by atoms with Crippen molar-refractivity contribution in [2.45, 2.75) is 24.7 Å². The third-order valence-corrected chi connectivity index (χ3v) is 6.07. The largest absolute Gasteiger partial charge is 0.493 e. The third kappa shape index (κ3) is 3.80. The molecule has 10 nitrogen and oxygen atoms in total. The number of nitro groups is 1. The lowest BCUT2D eigenvalue weighted by Crippen LogP contribution is -2.53. The Hall–Kier alpha value is -3.21. The van der Waals surface area contributed by atoms with Crippen molar-refractivity contribution in [3.8, 4) is 11.5 Å². The van der Waals surface area contributed by atoms with Gasteiger partial charge in [-0.2, -0.15) is 0 Å². The summed E-state index contributed by atoms with van der Waals surface area (Å²) in [5.41, 5.74) is 7.72. The molecular formula is C21H24N4O6. The zero-order valence-corrected chi connectivity index (χ0v) is 17.1. The molecule has 0 spiro atoms. The average molecular weight is 428 g/mol. The lowest BCUT2D eigenvalue weighted by atomic mass is 9.74. The summed E-state index contributed by atoms with van der Waals surface area (Å²) in [5.74, 6) is -0.829. The highest BCUT2D eigenvalue weighted by Crippen LogP contribution is 2.45. The minimum atomic E-state index is -0.913. The number of nitro benzene ring substituents is 1. The molecule has 164 valence electrons. The van der Waals surface area contributed by atoms with Gasteiger partial charge in [0.25, 0.3) is 5.69 Å². The highest BCUT2D eigenvalue weighted by Gasteiger charge is 2.50. The second-order valence-electron chi connectivity index (χ2n) is 7.66. The smallest absolute Gasteiger partial charge is 0.307 e. The zero-order chi connectivity index (χ0) is 22.1. The minimum Gasteiger partial charge on any atom is -0.493 e. The van der Waals surface area contributed by atoms with Crippen LogP contribution in [0.25, 0.3) is 0 Å². The van der Waals surface area contributed by atoms with Crippen LogP contribution < -0.4 is 25.6 Å². The van der Waals surface area contributed by atoms with Crippen LogP contribution in [-0.4, -0.2) is 36.4 Å². The molecule has 4 rings (SSSR count). The zero-order valence-electron chi connectivity index (χ0n) is 17.1. The molecule has 2 aliphatic rings. The number of para-hydroxylation sites is 1. The van der Waals surface area contributed by atoms with E-state index >= 15 is 0 Å². The molecule has 2 fully saturated rings. The monoisotopic (exact) mass is 428 g/mol. The number of benzene rings is 2. The number of methoxy groups -OCH3 is 2. The van der Waals surface area contributed by atoms with Crippen molar-refractivity contribution in [1.82, 2.24) is 16.2 Å². The Bertz CT molecular complexity index is 1000. The number of hydrogen-bond acceptors (Lipinski definition) is 8. The molecule has 0 aliphatic carbocycles. The fourth-order valence-electron chi connectivity index (χ4n) is 4.68. The van der Waals surface area contributed by atoms with Gasteiger partial charge in [-0.15, -0.1) is 0 Å². The van der Waals surface area contributed by atoms with Crippen LogP contribution in [-0.2, 0) is 4.79 Å². The van der Waals surface area contributed by atoms with Crippen molar-refractivity contribution >= 4 is 11.7 Å². The first-order chi connectivity index (χ1) is 14.9. The summed E-state index contributed by atoms with van der Waals surface area (Å²) in [5, 5.41) is 24.7. The summed E-state index contributed by atoms with van der Waals surface area (Å²) < 4.78 is 10.9. The van der Waals surface area contributed by atoms with Crippen LogP contribution in [0.1, 0.15) is 29.6 Å². The van der Waals surface area contributed by atoms with Crippen molar-refractivity contribution in [3.63, 3.8) is 0 Å². The molecule has 5 atom stereocenters. The predicted octanol–water partition coefficient (Wildman–Crippen LogP) is 2.14. The van der Waals surface area contributed by atoms with E-state index in [2.05, 4.69) is 16.2 Å². The van der Waals surface area contributed by atoms with E-state index in [1.807, 2.05) is 12.1 Å². The van der Waals surface area contributed by atoms with Gasteiger partial charge in [0, 0.05) is 29.7 Å². The maximum atomic E-state index is 12.3. The van der Waals surface area contributed by atoms with E-state index in [-0.39, 0.29) is 23.8 Å². The minimum absolute atomic E-state index is 0.0302. The quantitative estimate of drug-likeness (QED) is 0.403. The molecule has 0 radical (unpaired) electrons. The Morgan fingerprint density at radius 2 is 1.94 bits per heavy atom. The topological polar surface area (TPSA) is 135 Å². The van der Waals surface area contributed by atoms with Gasteiger partial charge >= 0.3 is 5.97 Å². The van der Waals surface area contributed by atoms with Crippen LogP contribution in [0.5, 0.6) is 11.5 Å². The molecule has 10 heteroatoms. The number of hydrogen-bond donors (Lipinski definition) is 4. The molecule has 2 saturated heterocycles. The molecule has 2 aliphatic heterocycles. The number of carboxylic acid groups (broad SMARTS) is 1. The predicted molar refractivity (Wildman–Crippen MR) is 111 cm³/mol. The number of carboxylic acids is 1. The van der Waals surface area contributed by atoms with Gasteiger partial charge in [0.15, 0.2) is 11.5 Å². The van der Waals surface area contributed by atoms with Crippen LogP contribution in [0, 0.1) is 22.0 Å². The van der Waals surface area contributed by atoms with Gasteiger partial charge < -0.3 is 14.6 Å². The number of nitrogens with one attached hydrogen (secondary N) is 3. The molecule has 5 unspecified atom stereocenters. The van der Waals surface area contributed by atoms with Crippen LogP contribution >= 0.6 is 0 Å². The average Bonchev–Trinajstić information content (AvgIpc) is 3.21. The van der Waals surface area contributed by atoms with Gasteiger partial charge in [-0.05, 0) is 18.1 Å². The standard InChI is InChI=1S/C21H24N4O6/c1-30-16-8-4-7-13(19(16)31-2)15-10-14(21(26)27)17-18(23-24-20(17)22-15)11-5-3-6-12(9-11)25(28)29/h3-9,14-15,17-18,20,22-24H,10H2,1-2H3,(H,26,27). The summed E-state index contributed by atoms with van der Waals surface area (Å²) in [6.45, 7) is 0. The van der Waals surface area contributed by atoms with E-state index in [1.54, 1.807) is 32.4 Å². The van der Waals surface area contributed by atoms with Crippen molar-refractivity contribution in [3.05, 3.63) is 63.7 Å². The van der Waals surface area contributed by atoms with E-state index in [0.717, 1.165) is 5.56 Å². The molecule has 0 bridgehead atoms. The first-order valence-electron chi connectivity index (χ1n) is 9.89. The lowest BCUT2D eigenvalue weighted by Gasteiger charge is -2.39. The molecule has 0 saturated carbocycles. The lowest BCUT2D eigenvalue weighted by molar-refractivity contribution is -0.384. The second-order valence-corrected chi connectivity index (χ2v) is 7.66. The third-order valence-electron chi connectivity index (χ3n) is 6.07. The fraction of sp³-hybridized carbons (Fsp3) is 0.381. The molecule has 4 N–H and O–H groups in total. The highest BCUT2D eigenvalue weighted by molar-refractivity contribution is 5.71. The molecule has 31 heavy (non-hydrogen) atoms. The summed E-state index contributed by atoms with van der Waals surface area (Å²) in [6.07, 6.45) is -0.0329. The van der Waals surface area contributed by atoms with Gasteiger partial charge in [0.05, 0.1) is 37.3 Å². The maximum Gasteiger partial charge on any atom is 0.307 e. The Labute approximate surface area is 178 Å². The van der Waals surface area contributed by atoms with Crippen molar-refractivity contribution < 1.29 is 24.3 Å². The fourth-order valence-corrected chi connectivity index (χ4v) is 4.68. The molecule has 0 amide bonds. The Morgan fingerprint density at radius 3 is 2.61 bits per heavy atom. The van der Waals surface area contributed by atoms with Gasteiger partial charge in [-0.25, -0.2) is 10.9 Å². The van der Waals surface area contributed by atoms with Gasteiger partial charge in [-0.3, -0.25) is 20.2 Å². The first-order valence-corrected chi connectivity index (χ1v) is 9.89. The van der Waals surface area contributed by atoms with E-state index in [4.69, 9.17) is 9.47 Å². The number of ether oxygens (including phenoxy) is 2. The number of piperidine rings is 1. The Kier molecular flexibility index (Phi) is 5.77. The van der Waals surface area contributed by atoms with Crippen LogP contribution in [0.2, 0.25) is 0 Å². The van der Waals surface area contributed by atoms with Crippen LogP contribution in [0.3, 0.4) is 0 Å². The summed E-state index contributed by atoms with van der Waals surface area (Å²) in [6, 6.07) is 11.1. The van der Waals surface area contributed by atoms with E-state index < -0.39 is 22.9 Å². The second kappa shape index (κ2) is 8.50. The van der Waals surface area contributed by atoms with Crippen LogP contribution in [0.4, 0.5) is 5.69 Å². The number of non-ortho nitro benzene ring substituents is 1. The molecule has 0 aromatic heterocycles. The first kappa shape index (κ1) is 21.0. The normalized spacial score (nSPS) is 27.4. The number of carbonyl (C=O) groups is 1.